The molecule has 2 atom stereocenters. The second kappa shape index (κ2) is 12.4. The molecule has 35 heavy (non-hydrogen) atoms. The van der Waals surface area contributed by atoms with Crippen LogP contribution < -0.4 is 10.6 Å². The lowest BCUT2D eigenvalue weighted by molar-refractivity contribution is -0.138. The van der Waals surface area contributed by atoms with Gasteiger partial charge in [0.1, 0.15) is 6.61 Å². The molecule has 0 saturated heterocycles. The fourth-order valence-electron chi connectivity index (χ4n) is 4.61. The molecule has 3 N–H and O–H groups in total. The number of alkyl carbamates (subject to hydrolysis) is 1. The van der Waals surface area contributed by atoms with Gasteiger partial charge in [-0.05, 0) is 34.6 Å². The van der Waals surface area contributed by atoms with Gasteiger partial charge in [-0.15, -0.1) is 0 Å². The molecule has 2 amide bonds. The number of benzene rings is 2. The number of carbonyl (C=O) groups excluding carboxylic acids is 2. The SMILES string of the molecule is CCCC[C@@H](CC(=O)NC(CC(=O)O)C(C)C)NC(=O)OCC1c2ccccc2-c2ccccc21. The molecule has 1 aliphatic rings. The van der Waals surface area contributed by atoms with Crippen LogP contribution in [-0.2, 0) is 14.3 Å². The molecule has 0 spiro atoms. The molecule has 1 aliphatic carbocycles. The van der Waals surface area contributed by atoms with E-state index in [0.29, 0.717) is 6.42 Å². The highest BCUT2D eigenvalue weighted by Crippen LogP contribution is 2.44. The maximum Gasteiger partial charge on any atom is 0.407 e. The van der Waals surface area contributed by atoms with Crippen molar-refractivity contribution < 1.29 is 24.2 Å². The number of hydrogen-bond acceptors (Lipinski definition) is 4. The summed E-state index contributed by atoms with van der Waals surface area (Å²) in [5.74, 6) is -1.28. The number of unbranched alkanes of at least 4 members (excludes halogenated alkanes) is 1. The smallest absolute Gasteiger partial charge is 0.407 e. The Bertz CT molecular complexity index is 990. The van der Waals surface area contributed by atoms with Crippen LogP contribution in [0.25, 0.3) is 11.1 Å². The van der Waals surface area contributed by atoms with E-state index in [0.717, 1.165) is 35.1 Å². The quantitative estimate of drug-likeness (QED) is 0.392. The van der Waals surface area contributed by atoms with Gasteiger partial charge in [-0.1, -0.05) is 82.1 Å². The summed E-state index contributed by atoms with van der Waals surface area (Å²) in [6, 6.07) is 15.5. The zero-order chi connectivity index (χ0) is 25.4. The van der Waals surface area contributed by atoms with Crippen molar-refractivity contribution >= 4 is 18.0 Å². The predicted octanol–water partition coefficient (Wildman–Crippen LogP) is 5.09. The second-order valence-electron chi connectivity index (χ2n) is 9.53. The highest BCUT2D eigenvalue weighted by atomic mass is 16.5. The van der Waals surface area contributed by atoms with E-state index < -0.39 is 18.1 Å². The monoisotopic (exact) mass is 480 g/mol. The van der Waals surface area contributed by atoms with Gasteiger partial charge < -0.3 is 20.5 Å². The number of nitrogens with one attached hydrogen (secondary N) is 2. The third-order valence-electron chi connectivity index (χ3n) is 6.55. The Morgan fingerprint density at radius 3 is 2.09 bits per heavy atom. The molecule has 0 heterocycles. The fourth-order valence-corrected chi connectivity index (χ4v) is 4.61. The Hall–Kier alpha value is -3.35. The van der Waals surface area contributed by atoms with Gasteiger partial charge in [0.25, 0.3) is 0 Å². The van der Waals surface area contributed by atoms with Gasteiger partial charge in [-0.2, -0.15) is 0 Å². The van der Waals surface area contributed by atoms with E-state index in [1.807, 2.05) is 45.0 Å². The van der Waals surface area contributed by atoms with Gasteiger partial charge in [0, 0.05) is 24.4 Å². The van der Waals surface area contributed by atoms with E-state index in [2.05, 4.69) is 34.9 Å². The first-order valence-corrected chi connectivity index (χ1v) is 12.4. The summed E-state index contributed by atoms with van der Waals surface area (Å²) < 4.78 is 5.64. The zero-order valence-corrected chi connectivity index (χ0v) is 20.8. The first-order chi connectivity index (χ1) is 16.8. The van der Waals surface area contributed by atoms with Crippen molar-refractivity contribution in [3.05, 3.63) is 59.7 Å². The molecule has 0 radical (unpaired) electrons. The molecule has 7 nitrogen and oxygen atoms in total. The molecular formula is C28H36N2O5. The lowest BCUT2D eigenvalue weighted by Crippen LogP contribution is -2.44. The molecule has 1 unspecified atom stereocenters. The summed E-state index contributed by atoms with van der Waals surface area (Å²) >= 11 is 0. The maximum atomic E-state index is 12.7. The number of carboxylic acids is 1. The largest absolute Gasteiger partial charge is 0.481 e. The van der Waals surface area contributed by atoms with Crippen LogP contribution >= 0.6 is 0 Å². The standard InChI is InChI=1S/C28H36N2O5/c1-4-5-10-19(15-26(31)30-25(18(2)3)16-27(32)33)29-28(34)35-17-24-22-13-8-6-11-20(22)21-12-7-9-14-23(21)24/h6-9,11-14,18-19,24-25H,4-5,10,15-17H2,1-3H3,(H,29,34)(H,30,31)(H,32,33)/t19-,25?/m0/s1. The van der Waals surface area contributed by atoms with Gasteiger partial charge in [0.15, 0.2) is 0 Å². The molecule has 0 bridgehead atoms. The number of carbonyl (C=O) groups is 3. The molecule has 2 aromatic carbocycles. The summed E-state index contributed by atoms with van der Waals surface area (Å²) in [4.78, 5) is 36.5. The lowest BCUT2D eigenvalue weighted by Gasteiger charge is -2.23. The average molecular weight is 481 g/mol. The Morgan fingerprint density at radius 1 is 0.943 bits per heavy atom. The van der Waals surface area contributed by atoms with Gasteiger partial charge in [-0.3, -0.25) is 9.59 Å². The number of ether oxygens (including phenoxy) is 1. The molecule has 0 saturated carbocycles. The molecule has 3 rings (SSSR count). The predicted molar refractivity (Wildman–Crippen MR) is 135 cm³/mol. The minimum atomic E-state index is -0.955. The van der Waals surface area contributed by atoms with E-state index in [4.69, 9.17) is 9.84 Å². The van der Waals surface area contributed by atoms with E-state index in [1.54, 1.807) is 0 Å². The molecule has 0 aliphatic heterocycles. The lowest BCUT2D eigenvalue weighted by atomic mass is 9.98. The molecule has 2 aromatic rings. The van der Waals surface area contributed by atoms with Crippen molar-refractivity contribution in [3.8, 4) is 11.1 Å². The second-order valence-corrected chi connectivity index (χ2v) is 9.53. The highest BCUT2D eigenvalue weighted by Gasteiger charge is 2.29. The van der Waals surface area contributed by atoms with Crippen molar-refractivity contribution in [1.29, 1.82) is 0 Å². The van der Waals surface area contributed by atoms with Crippen LogP contribution in [0.15, 0.2) is 48.5 Å². The summed E-state index contributed by atoms with van der Waals surface area (Å²) in [5, 5.41) is 14.8. The van der Waals surface area contributed by atoms with Crippen LogP contribution in [-0.4, -0.2) is 41.8 Å². The van der Waals surface area contributed by atoms with Crippen LogP contribution in [0.3, 0.4) is 0 Å². The van der Waals surface area contributed by atoms with Crippen LogP contribution in [0.4, 0.5) is 4.79 Å². The van der Waals surface area contributed by atoms with Gasteiger partial charge in [-0.25, -0.2) is 4.79 Å². The first kappa shape index (κ1) is 26.3. The Labute approximate surface area is 207 Å². The summed E-state index contributed by atoms with van der Waals surface area (Å²) in [6.07, 6.45) is 1.81. The number of carboxylic acid groups (broad SMARTS) is 1. The van der Waals surface area contributed by atoms with Gasteiger partial charge in [0.2, 0.25) is 5.91 Å². The fraction of sp³-hybridized carbons (Fsp3) is 0.464. The summed E-state index contributed by atoms with van der Waals surface area (Å²) in [7, 11) is 0. The number of aliphatic carboxylic acids is 1. The van der Waals surface area contributed by atoms with E-state index in [-0.39, 0.29) is 43.2 Å². The number of hydrogen-bond donors (Lipinski definition) is 3. The molecule has 0 fully saturated rings. The highest BCUT2D eigenvalue weighted by molar-refractivity contribution is 5.80. The van der Waals surface area contributed by atoms with Crippen LogP contribution in [0.1, 0.15) is 69.9 Å². The number of rotatable bonds is 12. The van der Waals surface area contributed by atoms with Gasteiger partial charge in [0.05, 0.1) is 6.42 Å². The third kappa shape index (κ3) is 7.07. The molecule has 7 heteroatoms. The zero-order valence-electron chi connectivity index (χ0n) is 20.8. The minimum absolute atomic E-state index is 0.0146. The number of amides is 2. The van der Waals surface area contributed by atoms with E-state index in [1.165, 1.54) is 0 Å². The van der Waals surface area contributed by atoms with Crippen molar-refractivity contribution in [3.63, 3.8) is 0 Å². The van der Waals surface area contributed by atoms with E-state index >= 15 is 0 Å². The Kier molecular flexibility index (Phi) is 9.29. The molecule has 188 valence electrons. The van der Waals surface area contributed by atoms with Crippen molar-refractivity contribution in [2.45, 2.75) is 70.9 Å². The Morgan fingerprint density at radius 2 is 1.54 bits per heavy atom. The van der Waals surface area contributed by atoms with E-state index in [9.17, 15) is 14.4 Å². The van der Waals surface area contributed by atoms with Crippen LogP contribution in [0.5, 0.6) is 0 Å². The van der Waals surface area contributed by atoms with Crippen molar-refractivity contribution in [1.82, 2.24) is 10.6 Å². The number of fused-ring (bicyclic) bond motifs is 3. The minimum Gasteiger partial charge on any atom is -0.481 e. The summed E-state index contributed by atoms with van der Waals surface area (Å²) in [6.45, 7) is 6.00. The Balaban J connectivity index is 1.60. The average Bonchev–Trinajstić information content (AvgIpc) is 3.14. The van der Waals surface area contributed by atoms with Crippen molar-refractivity contribution in [2.24, 2.45) is 5.92 Å². The van der Waals surface area contributed by atoms with Crippen LogP contribution in [0, 0.1) is 5.92 Å². The van der Waals surface area contributed by atoms with Crippen molar-refractivity contribution in [2.75, 3.05) is 6.61 Å². The molecular weight excluding hydrogens is 444 g/mol. The third-order valence-corrected chi connectivity index (χ3v) is 6.55. The normalized spacial score (nSPS) is 14.1. The molecule has 0 aromatic heterocycles. The van der Waals surface area contributed by atoms with Gasteiger partial charge >= 0.3 is 12.1 Å². The topological polar surface area (TPSA) is 105 Å². The first-order valence-electron chi connectivity index (χ1n) is 12.4. The van der Waals surface area contributed by atoms with Crippen LogP contribution in [0.2, 0.25) is 0 Å². The summed E-state index contributed by atoms with van der Waals surface area (Å²) in [5.41, 5.74) is 4.61. The maximum absolute atomic E-state index is 12.7.